The SMILES string of the molecule is CCc1[nH]n2c(=O)cc(-c3ccc4c(cnn4CC)c3)nc2c1C(=O)N=C(C)C. The Kier molecular flexibility index (Phi) is 4.62. The molecule has 0 fully saturated rings. The maximum absolute atomic E-state index is 12.7. The van der Waals surface area contributed by atoms with E-state index in [1.807, 2.05) is 36.7 Å². The van der Waals surface area contributed by atoms with Crippen LogP contribution < -0.4 is 5.56 Å². The lowest BCUT2D eigenvalue weighted by Crippen LogP contribution is -2.15. The summed E-state index contributed by atoms with van der Waals surface area (Å²) in [6, 6.07) is 7.31. The minimum absolute atomic E-state index is 0.277. The normalized spacial score (nSPS) is 11.3. The van der Waals surface area contributed by atoms with Gasteiger partial charge >= 0.3 is 0 Å². The molecule has 3 aromatic heterocycles. The Morgan fingerprint density at radius 3 is 2.69 bits per heavy atom. The second kappa shape index (κ2) is 7.12. The van der Waals surface area contributed by atoms with Gasteiger partial charge in [-0.1, -0.05) is 13.0 Å². The first-order valence-electron chi connectivity index (χ1n) is 9.59. The third-order valence-electron chi connectivity index (χ3n) is 4.82. The van der Waals surface area contributed by atoms with Gasteiger partial charge < -0.3 is 0 Å². The van der Waals surface area contributed by atoms with E-state index in [-0.39, 0.29) is 5.56 Å². The van der Waals surface area contributed by atoms with E-state index in [0.29, 0.717) is 34.7 Å². The number of aromatic nitrogens is 5. The van der Waals surface area contributed by atoms with Gasteiger partial charge in [-0.05, 0) is 39.3 Å². The molecule has 4 rings (SSSR count). The number of aromatic amines is 1. The van der Waals surface area contributed by atoms with Crippen molar-refractivity contribution >= 4 is 28.2 Å². The Morgan fingerprint density at radius 1 is 1.21 bits per heavy atom. The van der Waals surface area contributed by atoms with Crippen LogP contribution in [0.4, 0.5) is 0 Å². The second-order valence-corrected chi connectivity index (χ2v) is 7.06. The summed E-state index contributed by atoms with van der Waals surface area (Å²) in [6.07, 6.45) is 2.35. The van der Waals surface area contributed by atoms with Crippen LogP contribution in [0.1, 0.15) is 43.7 Å². The number of rotatable bonds is 4. The number of H-pyrrole nitrogens is 1. The lowest BCUT2D eigenvalue weighted by molar-refractivity contribution is 0.100. The van der Waals surface area contributed by atoms with Gasteiger partial charge in [0.15, 0.2) is 5.65 Å². The number of nitrogens with one attached hydrogen (secondary N) is 1. The fraction of sp³-hybridized carbons (Fsp3) is 0.286. The molecule has 3 heterocycles. The van der Waals surface area contributed by atoms with Crippen LogP contribution in [0.2, 0.25) is 0 Å². The van der Waals surface area contributed by atoms with Crippen LogP contribution in [0.25, 0.3) is 27.8 Å². The minimum atomic E-state index is -0.399. The van der Waals surface area contributed by atoms with Gasteiger partial charge in [-0.15, -0.1) is 0 Å². The van der Waals surface area contributed by atoms with Gasteiger partial charge in [-0.3, -0.25) is 19.4 Å². The molecule has 0 bridgehead atoms. The highest BCUT2D eigenvalue weighted by molar-refractivity contribution is 6.07. The Hall–Kier alpha value is -3.55. The molecule has 8 heteroatoms. The standard InChI is InChI=1S/C21H22N6O2/c1-5-15-19(21(29)23-12(3)4)20-24-16(10-18(28)27(20)25-15)13-7-8-17-14(9-13)11-22-26(17)6-2/h7-11,25H,5-6H2,1-4H3. The third-order valence-corrected chi connectivity index (χ3v) is 4.82. The maximum Gasteiger partial charge on any atom is 0.282 e. The summed E-state index contributed by atoms with van der Waals surface area (Å²) in [6.45, 7) is 8.24. The van der Waals surface area contributed by atoms with Crippen LogP contribution in [0.3, 0.4) is 0 Å². The second-order valence-electron chi connectivity index (χ2n) is 7.06. The van der Waals surface area contributed by atoms with Gasteiger partial charge in [0.05, 0.1) is 17.4 Å². The van der Waals surface area contributed by atoms with E-state index >= 15 is 0 Å². The van der Waals surface area contributed by atoms with Crippen LogP contribution in [0, 0.1) is 0 Å². The van der Waals surface area contributed by atoms with Gasteiger partial charge in [-0.25, -0.2) is 14.5 Å². The first-order valence-corrected chi connectivity index (χ1v) is 9.59. The monoisotopic (exact) mass is 390 g/mol. The molecule has 4 aromatic rings. The molecule has 148 valence electrons. The molecular formula is C21H22N6O2. The molecule has 29 heavy (non-hydrogen) atoms. The number of benzene rings is 1. The van der Waals surface area contributed by atoms with Crippen molar-refractivity contribution in [3.63, 3.8) is 0 Å². The molecule has 0 atom stereocenters. The van der Waals surface area contributed by atoms with Crippen molar-refractivity contribution in [1.82, 2.24) is 24.4 Å². The summed E-state index contributed by atoms with van der Waals surface area (Å²) in [5.41, 5.74) is 3.97. The minimum Gasteiger partial charge on any atom is -0.293 e. The quantitative estimate of drug-likeness (QED) is 0.541. The van der Waals surface area contributed by atoms with E-state index < -0.39 is 5.91 Å². The molecule has 1 aromatic carbocycles. The molecular weight excluding hydrogens is 368 g/mol. The maximum atomic E-state index is 12.7. The van der Waals surface area contributed by atoms with E-state index in [4.69, 9.17) is 0 Å². The highest BCUT2D eigenvalue weighted by Crippen LogP contribution is 2.24. The van der Waals surface area contributed by atoms with Crippen LogP contribution in [0.5, 0.6) is 0 Å². The highest BCUT2D eigenvalue weighted by atomic mass is 16.1. The average Bonchev–Trinajstić information content (AvgIpc) is 3.27. The molecule has 0 saturated heterocycles. The zero-order valence-corrected chi connectivity index (χ0v) is 16.9. The summed E-state index contributed by atoms with van der Waals surface area (Å²) >= 11 is 0. The Morgan fingerprint density at radius 2 is 2.00 bits per heavy atom. The lowest BCUT2D eigenvalue weighted by Gasteiger charge is -2.04. The molecule has 0 aliphatic carbocycles. The summed E-state index contributed by atoms with van der Waals surface area (Å²) in [5, 5.41) is 8.32. The number of amides is 1. The van der Waals surface area contributed by atoms with Gasteiger partial charge in [0, 0.05) is 35.0 Å². The molecule has 0 saturated carbocycles. The molecule has 0 unspecified atom stereocenters. The molecule has 0 aliphatic heterocycles. The van der Waals surface area contributed by atoms with Crippen molar-refractivity contribution < 1.29 is 4.79 Å². The zero-order valence-electron chi connectivity index (χ0n) is 16.9. The van der Waals surface area contributed by atoms with Gasteiger partial charge in [0.2, 0.25) is 0 Å². The van der Waals surface area contributed by atoms with Crippen molar-refractivity contribution in [2.75, 3.05) is 0 Å². The van der Waals surface area contributed by atoms with Crippen LogP contribution in [-0.2, 0) is 13.0 Å². The van der Waals surface area contributed by atoms with Gasteiger partial charge in [0.1, 0.15) is 5.56 Å². The predicted molar refractivity (Wildman–Crippen MR) is 113 cm³/mol. The third kappa shape index (κ3) is 3.16. The molecule has 0 aliphatic rings. The van der Waals surface area contributed by atoms with Gasteiger partial charge in [0.25, 0.3) is 11.5 Å². The number of hydrogen-bond acceptors (Lipinski definition) is 4. The molecule has 8 nitrogen and oxygen atoms in total. The zero-order chi connectivity index (χ0) is 20.7. The molecule has 0 spiro atoms. The van der Waals surface area contributed by atoms with Crippen molar-refractivity contribution in [3.8, 4) is 11.3 Å². The van der Waals surface area contributed by atoms with Gasteiger partial charge in [-0.2, -0.15) is 5.10 Å². The number of hydrogen-bond donors (Lipinski definition) is 1. The van der Waals surface area contributed by atoms with E-state index in [1.165, 1.54) is 10.6 Å². The number of aryl methyl sites for hydroxylation is 2. The van der Waals surface area contributed by atoms with Crippen molar-refractivity contribution in [2.24, 2.45) is 4.99 Å². The molecule has 1 amide bonds. The Bertz CT molecular complexity index is 1330. The van der Waals surface area contributed by atoms with Crippen LogP contribution in [0.15, 0.2) is 40.2 Å². The van der Waals surface area contributed by atoms with Crippen molar-refractivity contribution in [2.45, 2.75) is 40.7 Å². The van der Waals surface area contributed by atoms with E-state index in [2.05, 4.69) is 20.2 Å². The predicted octanol–water partition coefficient (Wildman–Crippen LogP) is 3.24. The topological polar surface area (TPSA) is 97.4 Å². The van der Waals surface area contributed by atoms with E-state index in [1.54, 1.807) is 20.0 Å². The van der Waals surface area contributed by atoms with Crippen LogP contribution >= 0.6 is 0 Å². The highest BCUT2D eigenvalue weighted by Gasteiger charge is 2.21. The van der Waals surface area contributed by atoms with Crippen LogP contribution in [-0.4, -0.2) is 36.0 Å². The lowest BCUT2D eigenvalue weighted by atomic mass is 10.1. The number of aliphatic imine (C=N–C) groups is 1. The van der Waals surface area contributed by atoms with Crippen molar-refractivity contribution in [3.05, 3.63) is 52.1 Å². The van der Waals surface area contributed by atoms with E-state index in [0.717, 1.165) is 23.0 Å². The average molecular weight is 390 g/mol. The van der Waals surface area contributed by atoms with Crippen molar-refractivity contribution in [1.29, 1.82) is 0 Å². The molecule has 1 N–H and O–H groups in total. The number of nitrogens with zero attached hydrogens (tertiary/aromatic N) is 5. The fourth-order valence-electron chi connectivity index (χ4n) is 3.47. The summed E-state index contributed by atoms with van der Waals surface area (Å²) < 4.78 is 3.22. The number of fused-ring (bicyclic) bond motifs is 2. The number of carbonyl (C=O) groups is 1. The first kappa shape index (κ1) is 18.8. The smallest absolute Gasteiger partial charge is 0.282 e. The fourth-order valence-corrected chi connectivity index (χ4v) is 3.47. The first-order chi connectivity index (χ1) is 13.9. The summed E-state index contributed by atoms with van der Waals surface area (Å²) in [5.74, 6) is -0.399. The van der Waals surface area contributed by atoms with E-state index in [9.17, 15) is 9.59 Å². The summed E-state index contributed by atoms with van der Waals surface area (Å²) in [4.78, 5) is 34.2. The largest absolute Gasteiger partial charge is 0.293 e. The Balaban J connectivity index is 1.94. The summed E-state index contributed by atoms with van der Waals surface area (Å²) in [7, 11) is 0. The molecule has 0 radical (unpaired) electrons. The number of carbonyl (C=O) groups excluding carboxylic acids is 1. The Labute approximate surface area is 166 Å².